The Labute approximate surface area is 199 Å². The van der Waals surface area contributed by atoms with Gasteiger partial charge in [0.2, 0.25) is 0 Å². The Hall–Kier alpha value is -1.35. The fourth-order valence-corrected chi connectivity index (χ4v) is 3.97. The number of nitrogens with one attached hydrogen (secondary N) is 3. The van der Waals surface area contributed by atoms with Crippen LogP contribution in [0.15, 0.2) is 29.3 Å². The van der Waals surface area contributed by atoms with E-state index in [1.165, 1.54) is 38.8 Å². The number of halogens is 1. The van der Waals surface area contributed by atoms with E-state index in [2.05, 4.69) is 45.8 Å². The Morgan fingerprint density at radius 1 is 1.13 bits per heavy atom. The van der Waals surface area contributed by atoms with Crippen LogP contribution in [0.2, 0.25) is 0 Å². The van der Waals surface area contributed by atoms with Gasteiger partial charge in [-0.1, -0.05) is 38.8 Å². The van der Waals surface area contributed by atoms with Gasteiger partial charge in [-0.3, -0.25) is 14.7 Å². The summed E-state index contributed by atoms with van der Waals surface area (Å²) in [5.41, 5.74) is 1.84. The van der Waals surface area contributed by atoms with Gasteiger partial charge in [-0.15, -0.1) is 24.0 Å². The summed E-state index contributed by atoms with van der Waals surface area (Å²) < 4.78 is 0. The summed E-state index contributed by atoms with van der Waals surface area (Å²) in [5, 5.41) is 9.61. The van der Waals surface area contributed by atoms with E-state index in [9.17, 15) is 4.79 Å². The lowest BCUT2D eigenvalue weighted by molar-refractivity contribution is 0.0963. The van der Waals surface area contributed by atoms with Crippen molar-refractivity contribution in [2.45, 2.75) is 52.0 Å². The smallest absolute Gasteiger partial charge is 0.251 e. The van der Waals surface area contributed by atoms with Crippen LogP contribution >= 0.6 is 24.0 Å². The highest BCUT2D eigenvalue weighted by atomic mass is 127. The van der Waals surface area contributed by atoms with Gasteiger partial charge >= 0.3 is 0 Å². The van der Waals surface area contributed by atoms with Crippen LogP contribution in [0.1, 0.15) is 55.5 Å². The Morgan fingerprint density at radius 2 is 1.83 bits per heavy atom. The number of guanidine groups is 1. The molecule has 1 saturated heterocycles. The molecule has 0 spiro atoms. The lowest BCUT2D eigenvalue weighted by atomic mass is 10.0. The molecule has 1 aliphatic heterocycles. The first-order chi connectivity index (χ1) is 14.0. The zero-order valence-electron chi connectivity index (χ0n) is 19.0. The summed E-state index contributed by atoms with van der Waals surface area (Å²) in [5.74, 6) is 1.39. The minimum absolute atomic E-state index is 0. The van der Waals surface area contributed by atoms with Crippen molar-refractivity contribution in [3.8, 4) is 0 Å². The monoisotopic (exact) mass is 529 g/mol. The van der Waals surface area contributed by atoms with E-state index >= 15 is 0 Å². The van der Waals surface area contributed by atoms with Crippen molar-refractivity contribution in [1.82, 2.24) is 20.9 Å². The standard InChI is InChI=1S/C23H39N5O.HI/c1-18(2)21(28-14-7-5-6-8-15-28)17-27-23(25-4)26-13-12-19-10-9-11-20(16-19)22(29)24-3;/h9-11,16,18,21H,5-8,12-15,17H2,1-4H3,(H,24,29)(H2,25,26,27);1H. The number of carbonyl (C=O) groups excluding carboxylic acids is 1. The molecule has 0 aromatic heterocycles. The SMILES string of the molecule is CN=C(NCCc1cccc(C(=O)NC)c1)NCC(C(C)C)N1CCCCCC1.I. The van der Waals surface area contributed by atoms with Gasteiger partial charge in [0, 0.05) is 38.8 Å². The molecule has 1 unspecified atom stereocenters. The first kappa shape index (κ1) is 26.7. The summed E-state index contributed by atoms with van der Waals surface area (Å²) in [6.45, 7) is 8.71. The maximum absolute atomic E-state index is 11.8. The van der Waals surface area contributed by atoms with E-state index in [1.807, 2.05) is 25.2 Å². The Balaban J connectivity index is 0.00000450. The molecular weight excluding hydrogens is 489 g/mol. The van der Waals surface area contributed by atoms with Gasteiger partial charge in [0.25, 0.3) is 5.91 Å². The molecule has 0 saturated carbocycles. The predicted octanol–water partition coefficient (Wildman–Crippen LogP) is 3.27. The highest BCUT2D eigenvalue weighted by Gasteiger charge is 2.22. The summed E-state index contributed by atoms with van der Waals surface area (Å²) in [7, 11) is 3.47. The number of benzene rings is 1. The number of nitrogens with zero attached hydrogens (tertiary/aromatic N) is 2. The van der Waals surface area contributed by atoms with Gasteiger partial charge in [0.05, 0.1) is 0 Å². The number of hydrogen-bond donors (Lipinski definition) is 3. The molecule has 0 bridgehead atoms. The molecular formula is C23H40IN5O. The van der Waals surface area contributed by atoms with Gasteiger partial charge in [-0.2, -0.15) is 0 Å². The van der Waals surface area contributed by atoms with E-state index in [1.54, 1.807) is 7.05 Å². The second-order valence-electron chi connectivity index (χ2n) is 8.17. The van der Waals surface area contributed by atoms with E-state index in [4.69, 9.17) is 0 Å². The van der Waals surface area contributed by atoms with Crippen LogP contribution in [0.3, 0.4) is 0 Å². The molecule has 1 aromatic carbocycles. The van der Waals surface area contributed by atoms with Crippen molar-refractivity contribution in [3.63, 3.8) is 0 Å². The number of carbonyl (C=O) groups is 1. The molecule has 1 amide bonds. The number of rotatable bonds is 8. The second-order valence-corrected chi connectivity index (χ2v) is 8.17. The summed E-state index contributed by atoms with van der Waals surface area (Å²) in [4.78, 5) is 18.8. The highest BCUT2D eigenvalue weighted by molar-refractivity contribution is 14.0. The van der Waals surface area contributed by atoms with E-state index in [-0.39, 0.29) is 29.9 Å². The Morgan fingerprint density at radius 3 is 2.43 bits per heavy atom. The maximum atomic E-state index is 11.8. The summed E-state index contributed by atoms with van der Waals surface area (Å²) >= 11 is 0. The van der Waals surface area contributed by atoms with Crippen LogP contribution in [0.25, 0.3) is 0 Å². The predicted molar refractivity (Wildman–Crippen MR) is 137 cm³/mol. The van der Waals surface area contributed by atoms with Crippen LogP contribution < -0.4 is 16.0 Å². The molecule has 30 heavy (non-hydrogen) atoms. The molecule has 1 aromatic rings. The molecule has 1 atom stereocenters. The zero-order chi connectivity index (χ0) is 21.1. The topological polar surface area (TPSA) is 68.8 Å². The lowest BCUT2D eigenvalue weighted by Gasteiger charge is -2.34. The minimum atomic E-state index is -0.0504. The number of hydrogen-bond acceptors (Lipinski definition) is 3. The van der Waals surface area contributed by atoms with Gasteiger partial charge in [-0.05, 0) is 56.0 Å². The van der Waals surface area contributed by atoms with Gasteiger partial charge in [0.1, 0.15) is 0 Å². The van der Waals surface area contributed by atoms with Crippen LogP contribution in [0, 0.1) is 5.92 Å². The molecule has 1 heterocycles. The minimum Gasteiger partial charge on any atom is -0.356 e. The van der Waals surface area contributed by atoms with Crippen molar-refractivity contribution in [3.05, 3.63) is 35.4 Å². The van der Waals surface area contributed by atoms with Crippen LogP contribution in [0.4, 0.5) is 0 Å². The average molecular weight is 530 g/mol. The molecule has 2 rings (SSSR count). The molecule has 3 N–H and O–H groups in total. The van der Waals surface area contributed by atoms with Crippen LogP contribution in [0.5, 0.6) is 0 Å². The summed E-state index contributed by atoms with van der Waals surface area (Å²) in [6.07, 6.45) is 6.18. The van der Waals surface area contributed by atoms with Crippen molar-refractivity contribution in [1.29, 1.82) is 0 Å². The number of likely N-dealkylation sites (tertiary alicyclic amines) is 1. The maximum Gasteiger partial charge on any atom is 0.251 e. The average Bonchev–Trinajstić information content (AvgIpc) is 3.01. The quantitative estimate of drug-likeness (QED) is 0.275. The molecule has 6 nitrogen and oxygen atoms in total. The fraction of sp³-hybridized carbons (Fsp3) is 0.652. The molecule has 0 radical (unpaired) electrons. The molecule has 170 valence electrons. The van der Waals surface area contributed by atoms with E-state index in [0.717, 1.165) is 31.0 Å². The van der Waals surface area contributed by atoms with Crippen molar-refractivity contribution < 1.29 is 4.79 Å². The van der Waals surface area contributed by atoms with Gasteiger partial charge in [0.15, 0.2) is 5.96 Å². The van der Waals surface area contributed by atoms with E-state index in [0.29, 0.717) is 17.5 Å². The molecule has 1 fully saturated rings. The number of aliphatic imine (C=N–C) groups is 1. The Bertz CT molecular complexity index is 657. The normalized spacial score (nSPS) is 16.4. The molecule has 1 aliphatic rings. The van der Waals surface area contributed by atoms with Crippen LogP contribution in [-0.4, -0.2) is 63.1 Å². The lowest BCUT2D eigenvalue weighted by Crippen LogP contribution is -2.50. The Kier molecular flexibility index (Phi) is 13.0. The zero-order valence-corrected chi connectivity index (χ0v) is 21.4. The van der Waals surface area contributed by atoms with Crippen molar-refractivity contribution >= 4 is 35.8 Å². The van der Waals surface area contributed by atoms with Crippen molar-refractivity contribution in [2.24, 2.45) is 10.9 Å². The van der Waals surface area contributed by atoms with E-state index < -0.39 is 0 Å². The third kappa shape index (κ3) is 8.79. The molecule has 0 aliphatic carbocycles. The highest BCUT2D eigenvalue weighted by Crippen LogP contribution is 2.17. The molecule has 7 heteroatoms. The third-order valence-electron chi connectivity index (χ3n) is 5.70. The first-order valence-electron chi connectivity index (χ1n) is 11.0. The van der Waals surface area contributed by atoms with Gasteiger partial charge < -0.3 is 16.0 Å². The number of amides is 1. The first-order valence-corrected chi connectivity index (χ1v) is 11.0. The second kappa shape index (κ2) is 14.6. The van der Waals surface area contributed by atoms with Gasteiger partial charge in [-0.25, -0.2) is 0 Å². The van der Waals surface area contributed by atoms with Crippen molar-refractivity contribution in [2.75, 3.05) is 40.3 Å². The fourth-order valence-electron chi connectivity index (χ4n) is 3.97. The third-order valence-corrected chi connectivity index (χ3v) is 5.70. The largest absolute Gasteiger partial charge is 0.356 e. The van der Waals surface area contributed by atoms with Crippen LogP contribution in [-0.2, 0) is 6.42 Å². The summed E-state index contributed by atoms with van der Waals surface area (Å²) in [6, 6.07) is 8.30.